The molecule has 0 fully saturated rings. The summed E-state index contributed by atoms with van der Waals surface area (Å²) in [5, 5.41) is 6.13. The number of halogens is 3. The van der Waals surface area contributed by atoms with Gasteiger partial charge < -0.3 is 15.5 Å². The quantitative estimate of drug-likeness (QED) is 0.545. The van der Waals surface area contributed by atoms with Crippen LogP contribution in [0.4, 0.5) is 13.2 Å². The second kappa shape index (κ2) is 10.7. The van der Waals surface area contributed by atoms with Gasteiger partial charge in [0.2, 0.25) is 5.91 Å². The Hall–Kier alpha value is -2.25. The first kappa shape index (κ1) is 21.8. The molecular weight excluding hydrogens is 345 g/mol. The summed E-state index contributed by atoms with van der Waals surface area (Å²) in [6.07, 6.45) is -3.98. The Morgan fingerprint density at radius 3 is 2.19 bits per heavy atom. The van der Waals surface area contributed by atoms with Gasteiger partial charge in [0.05, 0.1) is 12.1 Å². The van der Waals surface area contributed by atoms with Crippen LogP contribution >= 0.6 is 0 Å². The van der Waals surface area contributed by atoms with Gasteiger partial charge in [-0.3, -0.25) is 4.79 Å². The van der Waals surface area contributed by atoms with E-state index in [2.05, 4.69) is 15.6 Å². The Morgan fingerprint density at radius 1 is 1.08 bits per heavy atom. The van der Waals surface area contributed by atoms with Gasteiger partial charge in [-0.1, -0.05) is 12.1 Å². The Balaban J connectivity index is 2.59. The zero-order valence-corrected chi connectivity index (χ0v) is 15.5. The largest absolute Gasteiger partial charge is 0.416 e. The highest BCUT2D eigenvalue weighted by molar-refractivity contribution is 5.81. The average molecular weight is 372 g/mol. The molecule has 0 saturated heterocycles. The topological polar surface area (TPSA) is 56.7 Å². The predicted molar refractivity (Wildman–Crippen MR) is 96.8 cm³/mol. The molecule has 1 aromatic rings. The van der Waals surface area contributed by atoms with Crippen molar-refractivity contribution in [3.63, 3.8) is 0 Å². The summed E-state index contributed by atoms with van der Waals surface area (Å²) in [4.78, 5) is 18.1. The number of benzene rings is 1. The molecule has 0 unspecified atom stereocenters. The number of amides is 1. The zero-order valence-electron chi connectivity index (χ0n) is 15.5. The van der Waals surface area contributed by atoms with Crippen LogP contribution in [0.5, 0.6) is 0 Å². The number of carbonyl (C=O) groups excluding carboxylic acids is 1. The summed E-state index contributed by atoms with van der Waals surface area (Å²) < 4.78 is 37.7. The Labute approximate surface area is 152 Å². The van der Waals surface area contributed by atoms with E-state index in [1.807, 2.05) is 20.8 Å². The van der Waals surface area contributed by atoms with Gasteiger partial charge in [-0.05, 0) is 38.5 Å². The van der Waals surface area contributed by atoms with E-state index in [1.54, 1.807) is 4.90 Å². The van der Waals surface area contributed by atoms with Crippen LogP contribution in [0.15, 0.2) is 29.3 Å². The van der Waals surface area contributed by atoms with Crippen molar-refractivity contribution in [1.82, 2.24) is 15.5 Å². The van der Waals surface area contributed by atoms with Crippen molar-refractivity contribution in [3.8, 4) is 0 Å². The van der Waals surface area contributed by atoms with Crippen molar-refractivity contribution < 1.29 is 18.0 Å². The van der Waals surface area contributed by atoms with Crippen LogP contribution in [-0.2, 0) is 17.5 Å². The number of nitrogens with zero attached hydrogens (tertiary/aromatic N) is 2. The molecule has 0 spiro atoms. The molecule has 0 aliphatic rings. The standard InChI is InChI=1S/C18H27F3N4O/c1-4-22-17(23-12-11-16(26)25(5-2)6-3)24-13-14-7-9-15(10-8-14)18(19,20)21/h7-10H,4-6,11-13H2,1-3H3,(H2,22,23,24). The highest BCUT2D eigenvalue weighted by Gasteiger charge is 2.29. The minimum absolute atomic E-state index is 0.0705. The molecule has 0 aliphatic heterocycles. The van der Waals surface area contributed by atoms with E-state index >= 15 is 0 Å². The maximum atomic E-state index is 12.6. The van der Waals surface area contributed by atoms with Crippen LogP contribution < -0.4 is 10.6 Å². The lowest BCUT2D eigenvalue weighted by atomic mass is 10.1. The first-order chi connectivity index (χ1) is 12.3. The number of guanidine groups is 1. The molecule has 0 bridgehead atoms. The van der Waals surface area contributed by atoms with Crippen molar-refractivity contribution in [2.24, 2.45) is 4.99 Å². The van der Waals surface area contributed by atoms with Gasteiger partial charge in [-0.25, -0.2) is 4.99 Å². The highest BCUT2D eigenvalue weighted by atomic mass is 19.4. The van der Waals surface area contributed by atoms with Gasteiger partial charge in [0.25, 0.3) is 0 Å². The lowest BCUT2D eigenvalue weighted by Gasteiger charge is -2.19. The number of carbonyl (C=O) groups is 1. The van der Waals surface area contributed by atoms with Crippen LogP contribution in [0.2, 0.25) is 0 Å². The molecule has 0 heterocycles. The third-order valence-electron chi connectivity index (χ3n) is 3.79. The van der Waals surface area contributed by atoms with Crippen molar-refractivity contribution >= 4 is 11.9 Å². The average Bonchev–Trinajstić information content (AvgIpc) is 2.60. The number of nitrogens with one attached hydrogen (secondary N) is 2. The number of hydrogen-bond donors (Lipinski definition) is 2. The first-order valence-corrected chi connectivity index (χ1v) is 8.77. The van der Waals surface area contributed by atoms with Crippen molar-refractivity contribution in [2.45, 2.75) is 39.9 Å². The summed E-state index contributed by atoms with van der Waals surface area (Å²) in [6.45, 7) is 8.47. The van der Waals surface area contributed by atoms with Gasteiger partial charge in [-0.2, -0.15) is 13.2 Å². The van der Waals surface area contributed by atoms with Crippen molar-refractivity contribution in [1.29, 1.82) is 0 Å². The molecule has 1 amide bonds. The van der Waals surface area contributed by atoms with Crippen LogP contribution in [-0.4, -0.2) is 42.9 Å². The zero-order chi connectivity index (χ0) is 19.6. The maximum Gasteiger partial charge on any atom is 0.416 e. The second-order valence-corrected chi connectivity index (χ2v) is 5.63. The Kier molecular flexibility index (Phi) is 8.95. The normalized spacial score (nSPS) is 12.0. The number of alkyl halides is 3. The smallest absolute Gasteiger partial charge is 0.357 e. The molecule has 5 nitrogen and oxygen atoms in total. The molecule has 0 aliphatic carbocycles. The predicted octanol–water partition coefficient (Wildman–Crippen LogP) is 3.02. The van der Waals surface area contributed by atoms with E-state index in [0.717, 1.165) is 12.1 Å². The number of hydrogen-bond acceptors (Lipinski definition) is 2. The highest BCUT2D eigenvalue weighted by Crippen LogP contribution is 2.29. The van der Waals surface area contributed by atoms with Gasteiger partial charge in [-0.15, -0.1) is 0 Å². The van der Waals surface area contributed by atoms with Gasteiger partial charge >= 0.3 is 6.18 Å². The van der Waals surface area contributed by atoms with Crippen LogP contribution in [0.25, 0.3) is 0 Å². The summed E-state index contributed by atoms with van der Waals surface area (Å²) in [5.74, 6) is 0.598. The summed E-state index contributed by atoms with van der Waals surface area (Å²) in [6, 6.07) is 4.93. The van der Waals surface area contributed by atoms with E-state index in [4.69, 9.17) is 0 Å². The second-order valence-electron chi connectivity index (χ2n) is 5.63. The lowest BCUT2D eigenvalue weighted by Crippen LogP contribution is -2.40. The molecule has 146 valence electrons. The molecule has 1 rings (SSSR count). The fourth-order valence-corrected chi connectivity index (χ4v) is 2.33. The van der Waals surface area contributed by atoms with E-state index in [1.165, 1.54) is 12.1 Å². The van der Waals surface area contributed by atoms with Crippen LogP contribution in [0.3, 0.4) is 0 Å². The molecule has 26 heavy (non-hydrogen) atoms. The minimum Gasteiger partial charge on any atom is -0.357 e. The third kappa shape index (κ3) is 7.33. The summed E-state index contributed by atoms with van der Waals surface area (Å²) >= 11 is 0. The van der Waals surface area contributed by atoms with Gasteiger partial charge in [0.1, 0.15) is 0 Å². The molecule has 0 aromatic heterocycles. The monoisotopic (exact) mass is 372 g/mol. The molecule has 2 N–H and O–H groups in total. The Bertz CT molecular complexity index is 581. The fourth-order valence-electron chi connectivity index (χ4n) is 2.33. The molecule has 8 heteroatoms. The molecule has 0 radical (unpaired) electrons. The SMILES string of the molecule is CCNC(=NCc1ccc(C(F)(F)F)cc1)NCCC(=O)N(CC)CC. The fraction of sp³-hybridized carbons (Fsp3) is 0.556. The van der Waals surface area contributed by atoms with Gasteiger partial charge in [0.15, 0.2) is 5.96 Å². The number of aliphatic imine (C=N–C) groups is 1. The molecule has 0 atom stereocenters. The summed E-state index contributed by atoms with van der Waals surface area (Å²) in [5.41, 5.74) is -0.000373. The maximum absolute atomic E-state index is 12.6. The van der Waals surface area contributed by atoms with Gasteiger partial charge in [0, 0.05) is 32.6 Å². The summed E-state index contributed by atoms with van der Waals surface area (Å²) in [7, 11) is 0. The first-order valence-electron chi connectivity index (χ1n) is 8.77. The van der Waals surface area contributed by atoms with Crippen LogP contribution in [0, 0.1) is 0 Å². The van der Waals surface area contributed by atoms with E-state index < -0.39 is 11.7 Å². The minimum atomic E-state index is -4.34. The molecule has 0 saturated carbocycles. The van der Waals surface area contributed by atoms with E-state index in [0.29, 0.717) is 44.1 Å². The Morgan fingerprint density at radius 2 is 1.69 bits per heavy atom. The third-order valence-corrected chi connectivity index (χ3v) is 3.79. The van der Waals surface area contributed by atoms with E-state index in [9.17, 15) is 18.0 Å². The van der Waals surface area contributed by atoms with Crippen molar-refractivity contribution in [2.75, 3.05) is 26.2 Å². The molecule has 1 aromatic carbocycles. The number of rotatable bonds is 8. The lowest BCUT2D eigenvalue weighted by molar-refractivity contribution is -0.137. The van der Waals surface area contributed by atoms with Crippen molar-refractivity contribution in [3.05, 3.63) is 35.4 Å². The van der Waals surface area contributed by atoms with E-state index in [-0.39, 0.29) is 12.5 Å². The molecular formula is C18H27F3N4O. The van der Waals surface area contributed by atoms with Crippen LogP contribution in [0.1, 0.15) is 38.3 Å².